The highest BCUT2D eigenvalue weighted by molar-refractivity contribution is 5.51. The van der Waals surface area contributed by atoms with Crippen molar-refractivity contribution in [1.29, 1.82) is 0 Å². The van der Waals surface area contributed by atoms with E-state index in [0.717, 1.165) is 11.3 Å². The molecule has 0 aromatic heterocycles. The van der Waals surface area contributed by atoms with Crippen molar-refractivity contribution in [2.24, 2.45) is 5.41 Å². The molecule has 0 atom stereocenters. The Morgan fingerprint density at radius 3 is 2.47 bits per heavy atom. The molecule has 0 saturated heterocycles. The molecule has 0 amide bonds. The van der Waals surface area contributed by atoms with E-state index in [1.54, 1.807) is 6.07 Å². The molecule has 2 aliphatic carbocycles. The van der Waals surface area contributed by atoms with Crippen molar-refractivity contribution < 1.29 is 4.39 Å². The standard InChI is InChI=1S/C17H24FN/c1-13-15(18)5-4-6-16(13)19-14-7-11-17(12-8-14)9-2-3-10-17/h4-6,14,19H,2-3,7-12H2,1H3. The molecule has 0 bridgehead atoms. The molecule has 1 nitrogen and oxygen atoms in total. The molecule has 19 heavy (non-hydrogen) atoms. The summed E-state index contributed by atoms with van der Waals surface area (Å²) in [5, 5.41) is 3.56. The summed E-state index contributed by atoms with van der Waals surface area (Å²) in [5.41, 5.74) is 2.41. The van der Waals surface area contributed by atoms with Gasteiger partial charge in [-0.25, -0.2) is 4.39 Å². The first kappa shape index (κ1) is 13.0. The number of halogens is 1. The van der Waals surface area contributed by atoms with Gasteiger partial charge in [0, 0.05) is 17.3 Å². The number of hydrogen-bond acceptors (Lipinski definition) is 1. The van der Waals surface area contributed by atoms with Gasteiger partial charge in [0.15, 0.2) is 0 Å². The lowest BCUT2D eigenvalue weighted by Gasteiger charge is -2.38. The molecule has 0 radical (unpaired) electrons. The van der Waals surface area contributed by atoms with Gasteiger partial charge in [0.1, 0.15) is 5.82 Å². The zero-order valence-electron chi connectivity index (χ0n) is 11.8. The largest absolute Gasteiger partial charge is 0.382 e. The molecule has 3 rings (SSSR count). The van der Waals surface area contributed by atoms with Gasteiger partial charge in [0.05, 0.1) is 0 Å². The molecule has 1 spiro atoms. The lowest BCUT2D eigenvalue weighted by atomic mass is 9.71. The lowest BCUT2D eigenvalue weighted by molar-refractivity contribution is 0.188. The lowest BCUT2D eigenvalue weighted by Crippen LogP contribution is -2.31. The summed E-state index contributed by atoms with van der Waals surface area (Å²) in [6, 6.07) is 5.87. The Hall–Kier alpha value is -1.05. The van der Waals surface area contributed by atoms with E-state index >= 15 is 0 Å². The van der Waals surface area contributed by atoms with Crippen LogP contribution < -0.4 is 5.32 Å². The van der Waals surface area contributed by atoms with E-state index in [9.17, 15) is 4.39 Å². The molecule has 2 saturated carbocycles. The van der Waals surface area contributed by atoms with Crippen LogP contribution in [0.15, 0.2) is 18.2 Å². The fourth-order valence-electron chi connectivity index (χ4n) is 3.98. The van der Waals surface area contributed by atoms with Crippen LogP contribution in [0.25, 0.3) is 0 Å². The monoisotopic (exact) mass is 261 g/mol. The number of hydrogen-bond donors (Lipinski definition) is 1. The Kier molecular flexibility index (Phi) is 3.51. The molecule has 2 heteroatoms. The van der Waals surface area contributed by atoms with Crippen LogP contribution in [0.5, 0.6) is 0 Å². The highest BCUT2D eigenvalue weighted by atomic mass is 19.1. The average molecular weight is 261 g/mol. The van der Waals surface area contributed by atoms with Gasteiger partial charge in [0.25, 0.3) is 0 Å². The van der Waals surface area contributed by atoms with E-state index in [-0.39, 0.29) is 5.82 Å². The van der Waals surface area contributed by atoms with Gasteiger partial charge in [-0.15, -0.1) is 0 Å². The number of rotatable bonds is 2. The van der Waals surface area contributed by atoms with E-state index < -0.39 is 0 Å². The summed E-state index contributed by atoms with van der Waals surface area (Å²) in [6.07, 6.45) is 11.0. The first-order valence-corrected chi connectivity index (χ1v) is 7.70. The molecule has 0 heterocycles. The third-order valence-corrected chi connectivity index (χ3v) is 5.34. The summed E-state index contributed by atoms with van der Waals surface area (Å²) in [6.45, 7) is 1.86. The number of anilines is 1. The fourth-order valence-corrected chi connectivity index (χ4v) is 3.98. The Labute approximate surface area is 115 Å². The van der Waals surface area contributed by atoms with Crippen LogP contribution in [0.2, 0.25) is 0 Å². The summed E-state index contributed by atoms with van der Waals surface area (Å²) in [7, 11) is 0. The zero-order valence-corrected chi connectivity index (χ0v) is 11.8. The third-order valence-electron chi connectivity index (χ3n) is 5.34. The first-order valence-electron chi connectivity index (χ1n) is 7.70. The topological polar surface area (TPSA) is 12.0 Å². The maximum atomic E-state index is 13.5. The molecule has 1 aromatic rings. The van der Waals surface area contributed by atoms with Gasteiger partial charge >= 0.3 is 0 Å². The van der Waals surface area contributed by atoms with Gasteiger partial charge in [-0.05, 0) is 63.0 Å². The average Bonchev–Trinajstić information content (AvgIpc) is 2.86. The van der Waals surface area contributed by atoms with Gasteiger partial charge in [-0.2, -0.15) is 0 Å². The maximum Gasteiger partial charge on any atom is 0.128 e. The molecule has 1 N–H and O–H groups in total. The highest BCUT2D eigenvalue weighted by Crippen LogP contribution is 2.49. The van der Waals surface area contributed by atoms with Crippen molar-refractivity contribution >= 4 is 5.69 Å². The van der Waals surface area contributed by atoms with Crippen molar-refractivity contribution in [1.82, 2.24) is 0 Å². The Bertz CT molecular complexity index is 439. The van der Waals surface area contributed by atoms with E-state index in [1.165, 1.54) is 57.4 Å². The van der Waals surface area contributed by atoms with E-state index in [4.69, 9.17) is 0 Å². The first-order chi connectivity index (χ1) is 9.19. The van der Waals surface area contributed by atoms with Crippen molar-refractivity contribution in [3.8, 4) is 0 Å². The maximum absolute atomic E-state index is 13.5. The van der Waals surface area contributed by atoms with Gasteiger partial charge in [0.2, 0.25) is 0 Å². The van der Waals surface area contributed by atoms with Crippen LogP contribution in [0.3, 0.4) is 0 Å². The van der Waals surface area contributed by atoms with Crippen molar-refractivity contribution in [3.05, 3.63) is 29.6 Å². The van der Waals surface area contributed by atoms with Crippen LogP contribution in [-0.2, 0) is 0 Å². The molecule has 0 unspecified atom stereocenters. The number of benzene rings is 1. The summed E-state index contributed by atoms with van der Waals surface area (Å²) in [5.74, 6) is -0.104. The van der Waals surface area contributed by atoms with Crippen LogP contribution in [-0.4, -0.2) is 6.04 Å². The molecular formula is C17H24FN. The smallest absolute Gasteiger partial charge is 0.128 e. The normalized spacial score (nSPS) is 22.8. The van der Waals surface area contributed by atoms with Crippen molar-refractivity contribution in [2.75, 3.05) is 5.32 Å². The van der Waals surface area contributed by atoms with Crippen molar-refractivity contribution in [3.63, 3.8) is 0 Å². The Morgan fingerprint density at radius 1 is 1.11 bits per heavy atom. The quantitative estimate of drug-likeness (QED) is 0.785. The number of nitrogens with one attached hydrogen (secondary N) is 1. The summed E-state index contributed by atoms with van der Waals surface area (Å²) in [4.78, 5) is 0. The van der Waals surface area contributed by atoms with Crippen LogP contribution >= 0.6 is 0 Å². The van der Waals surface area contributed by atoms with Crippen LogP contribution in [0.4, 0.5) is 10.1 Å². The predicted molar refractivity (Wildman–Crippen MR) is 77.9 cm³/mol. The highest BCUT2D eigenvalue weighted by Gasteiger charge is 2.37. The van der Waals surface area contributed by atoms with E-state index in [2.05, 4.69) is 5.32 Å². The van der Waals surface area contributed by atoms with Crippen LogP contribution in [0.1, 0.15) is 56.9 Å². The second kappa shape index (κ2) is 5.15. The third kappa shape index (κ3) is 2.63. The Balaban J connectivity index is 1.61. The summed E-state index contributed by atoms with van der Waals surface area (Å²) >= 11 is 0. The van der Waals surface area contributed by atoms with E-state index in [1.807, 2.05) is 13.0 Å². The fraction of sp³-hybridized carbons (Fsp3) is 0.647. The molecular weight excluding hydrogens is 237 g/mol. The van der Waals surface area contributed by atoms with Gasteiger partial charge < -0.3 is 5.32 Å². The van der Waals surface area contributed by atoms with E-state index in [0.29, 0.717) is 11.5 Å². The molecule has 2 fully saturated rings. The van der Waals surface area contributed by atoms with Crippen molar-refractivity contribution in [2.45, 2.75) is 64.3 Å². The Morgan fingerprint density at radius 2 is 1.79 bits per heavy atom. The SMILES string of the molecule is Cc1c(F)cccc1NC1CCC2(CCCC2)CC1. The summed E-state index contributed by atoms with van der Waals surface area (Å²) < 4.78 is 13.5. The molecule has 1 aromatic carbocycles. The second-order valence-corrected chi connectivity index (χ2v) is 6.54. The molecule has 2 aliphatic rings. The van der Waals surface area contributed by atoms with Crippen LogP contribution in [0, 0.1) is 18.2 Å². The minimum Gasteiger partial charge on any atom is -0.382 e. The minimum absolute atomic E-state index is 0.104. The molecule has 0 aliphatic heterocycles. The van der Waals surface area contributed by atoms with Gasteiger partial charge in [-0.1, -0.05) is 18.9 Å². The second-order valence-electron chi connectivity index (χ2n) is 6.54. The molecule has 104 valence electrons. The zero-order chi connectivity index (χ0) is 13.3. The predicted octanol–water partition coefficient (Wildman–Crippen LogP) is 5.05. The minimum atomic E-state index is -0.104. The van der Waals surface area contributed by atoms with Gasteiger partial charge in [-0.3, -0.25) is 0 Å².